The smallest absolute Gasteiger partial charge is 0.227 e. The van der Waals surface area contributed by atoms with Crippen LogP contribution in [0, 0.1) is 6.92 Å². The predicted molar refractivity (Wildman–Crippen MR) is 59.2 cm³/mol. The molecule has 0 unspecified atom stereocenters. The molecule has 1 aromatic rings. The van der Waals surface area contributed by atoms with E-state index in [1.807, 2.05) is 44.2 Å². The zero-order chi connectivity index (χ0) is 10.6. The van der Waals surface area contributed by atoms with Crippen LogP contribution >= 0.6 is 0 Å². The molecule has 1 amide bonds. The van der Waals surface area contributed by atoms with Crippen molar-refractivity contribution in [2.75, 3.05) is 4.90 Å². The standard InChI is InChI=1S/C12H15NO/c1-4-9-13(11(3)14)12-7-5-10(2)6-8-12/h4-9H,1-3H3/b9-4+. The lowest BCUT2D eigenvalue weighted by Crippen LogP contribution is -2.21. The van der Waals surface area contributed by atoms with Crippen molar-refractivity contribution in [3.63, 3.8) is 0 Å². The van der Waals surface area contributed by atoms with Gasteiger partial charge in [0.25, 0.3) is 0 Å². The number of hydrogen-bond acceptors (Lipinski definition) is 1. The summed E-state index contributed by atoms with van der Waals surface area (Å²) in [5.41, 5.74) is 2.10. The van der Waals surface area contributed by atoms with E-state index in [0.29, 0.717) is 0 Å². The normalized spacial score (nSPS) is 10.5. The number of hydrogen-bond donors (Lipinski definition) is 0. The minimum Gasteiger partial charge on any atom is -0.288 e. The molecule has 0 fully saturated rings. The minimum absolute atomic E-state index is 0.0203. The van der Waals surface area contributed by atoms with Gasteiger partial charge in [0, 0.05) is 18.8 Å². The van der Waals surface area contributed by atoms with Crippen LogP contribution in [0.5, 0.6) is 0 Å². The molecule has 0 heterocycles. The van der Waals surface area contributed by atoms with E-state index in [0.717, 1.165) is 5.69 Å². The Kier molecular flexibility index (Phi) is 3.46. The van der Waals surface area contributed by atoms with Gasteiger partial charge in [-0.1, -0.05) is 23.8 Å². The van der Waals surface area contributed by atoms with Crippen LogP contribution in [0.1, 0.15) is 19.4 Å². The first kappa shape index (κ1) is 10.5. The Bertz CT molecular complexity index is 338. The van der Waals surface area contributed by atoms with Gasteiger partial charge in [-0.3, -0.25) is 9.69 Å². The van der Waals surface area contributed by atoms with Crippen molar-refractivity contribution in [1.29, 1.82) is 0 Å². The van der Waals surface area contributed by atoms with Crippen LogP contribution < -0.4 is 4.90 Å². The van der Waals surface area contributed by atoms with Crippen molar-refractivity contribution in [2.45, 2.75) is 20.8 Å². The number of aryl methyl sites for hydroxylation is 1. The second kappa shape index (κ2) is 4.61. The van der Waals surface area contributed by atoms with Crippen LogP contribution in [0.15, 0.2) is 36.5 Å². The average molecular weight is 189 g/mol. The highest BCUT2D eigenvalue weighted by Gasteiger charge is 2.06. The first-order chi connectivity index (χ1) is 6.65. The van der Waals surface area contributed by atoms with Crippen molar-refractivity contribution in [3.05, 3.63) is 42.1 Å². The molecule has 0 atom stereocenters. The van der Waals surface area contributed by atoms with E-state index < -0.39 is 0 Å². The molecule has 0 radical (unpaired) electrons. The fourth-order valence-electron chi connectivity index (χ4n) is 1.23. The third kappa shape index (κ3) is 2.46. The van der Waals surface area contributed by atoms with Crippen LogP contribution in [0.2, 0.25) is 0 Å². The lowest BCUT2D eigenvalue weighted by atomic mass is 10.2. The highest BCUT2D eigenvalue weighted by atomic mass is 16.2. The number of carbonyl (C=O) groups is 1. The second-order valence-electron chi connectivity index (χ2n) is 3.21. The molecule has 0 saturated carbocycles. The van der Waals surface area contributed by atoms with Gasteiger partial charge in [-0.25, -0.2) is 0 Å². The van der Waals surface area contributed by atoms with Gasteiger partial charge < -0.3 is 0 Å². The molecular weight excluding hydrogens is 174 g/mol. The molecule has 74 valence electrons. The molecule has 2 heteroatoms. The number of carbonyl (C=O) groups excluding carboxylic acids is 1. The van der Waals surface area contributed by atoms with Gasteiger partial charge >= 0.3 is 0 Å². The van der Waals surface area contributed by atoms with Crippen molar-refractivity contribution < 1.29 is 4.79 Å². The molecule has 0 bridgehead atoms. The topological polar surface area (TPSA) is 20.3 Å². The summed E-state index contributed by atoms with van der Waals surface area (Å²) in [7, 11) is 0. The van der Waals surface area contributed by atoms with Crippen molar-refractivity contribution in [3.8, 4) is 0 Å². The molecule has 0 aliphatic rings. The summed E-state index contributed by atoms with van der Waals surface area (Å²) in [4.78, 5) is 12.9. The molecule has 2 nitrogen and oxygen atoms in total. The molecule has 0 spiro atoms. The van der Waals surface area contributed by atoms with Gasteiger partial charge in [0.15, 0.2) is 0 Å². The minimum atomic E-state index is 0.0203. The summed E-state index contributed by atoms with van der Waals surface area (Å²) in [5.74, 6) is 0.0203. The fourth-order valence-corrected chi connectivity index (χ4v) is 1.23. The molecule has 0 N–H and O–H groups in total. The van der Waals surface area contributed by atoms with Gasteiger partial charge in [-0.05, 0) is 26.0 Å². The zero-order valence-corrected chi connectivity index (χ0v) is 8.82. The number of anilines is 1. The summed E-state index contributed by atoms with van der Waals surface area (Å²) in [5, 5.41) is 0. The van der Waals surface area contributed by atoms with Crippen molar-refractivity contribution >= 4 is 11.6 Å². The summed E-state index contributed by atoms with van der Waals surface area (Å²) in [6, 6.07) is 7.87. The van der Waals surface area contributed by atoms with Crippen LogP contribution in [0.3, 0.4) is 0 Å². The van der Waals surface area contributed by atoms with Crippen LogP contribution in [-0.2, 0) is 4.79 Å². The maximum atomic E-state index is 11.3. The third-order valence-electron chi connectivity index (χ3n) is 1.95. The Balaban J connectivity index is 2.99. The summed E-state index contributed by atoms with van der Waals surface area (Å²) in [6.07, 6.45) is 3.62. The maximum Gasteiger partial charge on any atom is 0.227 e. The molecule has 1 rings (SSSR count). The Hall–Kier alpha value is -1.57. The molecule has 14 heavy (non-hydrogen) atoms. The van der Waals surface area contributed by atoms with Gasteiger partial charge in [0.1, 0.15) is 0 Å². The SMILES string of the molecule is C/C=C/N(C(C)=O)c1ccc(C)cc1. The van der Waals surface area contributed by atoms with Crippen LogP contribution in [-0.4, -0.2) is 5.91 Å². The fraction of sp³-hybridized carbons (Fsp3) is 0.250. The first-order valence-electron chi connectivity index (χ1n) is 4.64. The van der Waals surface area contributed by atoms with E-state index in [9.17, 15) is 4.79 Å². The van der Waals surface area contributed by atoms with Gasteiger partial charge in [-0.2, -0.15) is 0 Å². The molecule has 1 aromatic carbocycles. The molecule has 0 aromatic heterocycles. The number of benzene rings is 1. The van der Waals surface area contributed by atoms with Gasteiger partial charge in [0.2, 0.25) is 5.91 Å². The number of allylic oxidation sites excluding steroid dienone is 1. The second-order valence-corrected chi connectivity index (χ2v) is 3.21. The Morgan fingerprint density at radius 1 is 1.29 bits per heavy atom. The van der Waals surface area contributed by atoms with E-state index >= 15 is 0 Å². The average Bonchev–Trinajstić information content (AvgIpc) is 2.15. The molecular formula is C12H15NO. The number of rotatable bonds is 2. The summed E-state index contributed by atoms with van der Waals surface area (Å²) < 4.78 is 0. The van der Waals surface area contributed by atoms with E-state index in [1.165, 1.54) is 5.56 Å². The van der Waals surface area contributed by atoms with Crippen molar-refractivity contribution in [2.24, 2.45) is 0 Å². The maximum absolute atomic E-state index is 11.3. The van der Waals surface area contributed by atoms with Crippen LogP contribution in [0.25, 0.3) is 0 Å². The monoisotopic (exact) mass is 189 g/mol. The summed E-state index contributed by atoms with van der Waals surface area (Å²) >= 11 is 0. The highest BCUT2D eigenvalue weighted by molar-refractivity contribution is 5.93. The first-order valence-corrected chi connectivity index (χ1v) is 4.64. The van der Waals surface area contributed by atoms with Gasteiger partial charge in [-0.15, -0.1) is 0 Å². The zero-order valence-electron chi connectivity index (χ0n) is 8.82. The predicted octanol–water partition coefficient (Wildman–Crippen LogP) is 2.88. The Morgan fingerprint density at radius 2 is 1.86 bits per heavy atom. The largest absolute Gasteiger partial charge is 0.288 e. The highest BCUT2D eigenvalue weighted by Crippen LogP contribution is 2.15. The lowest BCUT2D eigenvalue weighted by molar-refractivity contribution is -0.116. The molecule has 0 saturated heterocycles. The van der Waals surface area contributed by atoms with E-state index in [2.05, 4.69) is 0 Å². The Labute approximate surface area is 84.9 Å². The molecule has 0 aliphatic carbocycles. The van der Waals surface area contributed by atoms with E-state index in [1.54, 1.807) is 18.0 Å². The third-order valence-corrected chi connectivity index (χ3v) is 1.95. The van der Waals surface area contributed by atoms with Gasteiger partial charge in [0.05, 0.1) is 0 Å². The Morgan fingerprint density at radius 3 is 2.29 bits per heavy atom. The van der Waals surface area contributed by atoms with Crippen molar-refractivity contribution in [1.82, 2.24) is 0 Å². The quantitative estimate of drug-likeness (QED) is 0.700. The van der Waals surface area contributed by atoms with E-state index in [4.69, 9.17) is 0 Å². The van der Waals surface area contributed by atoms with E-state index in [-0.39, 0.29) is 5.91 Å². The number of nitrogens with zero attached hydrogens (tertiary/aromatic N) is 1. The molecule has 0 aliphatic heterocycles. The summed E-state index contributed by atoms with van der Waals surface area (Å²) in [6.45, 7) is 5.47. The van der Waals surface area contributed by atoms with Crippen LogP contribution in [0.4, 0.5) is 5.69 Å². The lowest BCUT2D eigenvalue weighted by Gasteiger charge is -2.16. The number of amides is 1.